The number of aryl methyl sites for hydroxylation is 1. The first kappa shape index (κ1) is 16.3. The van der Waals surface area contributed by atoms with Crippen molar-refractivity contribution in [2.75, 3.05) is 4.72 Å². The van der Waals surface area contributed by atoms with Crippen molar-refractivity contribution in [3.05, 3.63) is 59.4 Å². The minimum atomic E-state index is -4.82. The van der Waals surface area contributed by atoms with Gasteiger partial charge >= 0.3 is 6.18 Å². The zero-order valence-corrected chi connectivity index (χ0v) is 12.1. The Morgan fingerprint density at radius 3 is 2.27 bits per heavy atom. The summed E-state index contributed by atoms with van der Waals surface area (Å²) in [7, 11) is -4.49. The summed E-state index contributed by atoms with van der Waals surface area (Å²) in [4.78, 5) is -0.913. The Morgan fingerprint density at radius 1 is 1.05 bits per heavy atom. The molecule has 8 heteroatoms. The van der Waals surface area contributed by atoms with Gasteiger partial charge in [0.25, 0.3) is 10.0 Å². The summed E-state index contributed by atoms with van der Waals surface area (Å²) in [6.07, 6.45) is -4.82. The smallest absolute Gasteiger partial charge is 0.280 e. The van der Waals surface area contributed by atoms with Crippen molar-refractivity contribution in [1.82, 2.24) is 0 Å². The molecule has 0 aliphatic rings. The molecule has 2 aromatic rings. The minimum absolute atomic E-state index is 0.153. The van der Waals surface area contributed by atoms with E-state index in [1.165, 1.54) is 25.1 Å². The third kappa shape index (κ3) is 3.38. The molecule has 0 spiro atoms. The second kappa shape index (κ2) is 5.60. The normalized spacial score (nSPS) is 12.2. The van der Waals surface area contributed by atoms with E-state index in [1.54, 1.807) is 0 Å². The molecule has 0 fully saturated rings. The van der Waals surface area contributed by atoms with Gasteiger partial charge < -0.3 is 0 Å². The molecule has 0 atom stereocenters. The Labute approximate surface area is 124 Å². The van der Waals surface area contributed by atoms with Gasteiger partial charge in [0.2, 0.25) is 0 Å². The number of anilines is 1. The number of sulfonamides is 1. The van der Waals surface area contributed by atoms with Crippen LogP contribution in [-0.4, -0.2) is 8.42 Å². The Morgan fingerprint density at radius 2 is 1.68 bits per heavy atom. The van der Waals surface area contributed by atoms with Gasteiger partial charge in [0.05, 0.1) is 16.1 Å². The maximum absolute atomic E-state index is 13.4. The third-order valence-electron chi connectivity index (χ3n) is 2.91. The molecular formula is C14H11F4NO2S. The average molecular weight is 333 g/mol. The number of rotatable bonds is 3. The van der Waals surface area contributed by atoms with Gasteiger partial charge in [-0.1, -0.05) is 18.2 Å². The fraction of sp³-hybridized carbons (Fsp3) is 0.143. The van der Waals surface area contributed by atoms with Crippen LogP contribution in [0.25, 0.3) is 0 Å². The van der Waals surface area contributed by atoms with E-state index in [1.807, 2.05) is 4.72 Å². The lowest BCUT2D eigenvalue weighted by atomic mass is 10.2. The molecule has 0 aliphatic carbocycles. The van der Waals surface area contributed by atoms with Crippen LogP contribution in [0.5, 0.6) is 0 Å². The molecule has 0 heterocycles. The highest BCUT2D eigenvalue weighted by Crippen LogP contribution is 2.34. The molecule has 0 unspecified atom stereocenters. The van der Waals surface area contributed by atoms with Crippen LogP contribution in [0.2, 0.25) is 0 Å². The lowest BCUT2D eigenvalue weighted by Crippen LogP contribution is -2.19. The first-order chi connectivity index (χ1) is 10.1. The molecule has 0 aliphatic heterocycles. The molecular weight excluding hydrogens is 322 g/mol. The molecule has 0 radical (unpaired) electrons. The molecule has 118 valence electrons. The fourth-order valence-electron chi connectivity index (χ4n) is 1.80. The summed E-state index contributed by atoms with van der Waals surface area (Å²) < 4.78 is 78.3. The number of hydrogen-bond donors (Lipinski definition) is 1. The van der Waals surface area contributed by atoms with Crippen molar-refractivity contribution in [3.63, 3.8) is 0 Å². The minimum Gasteiger partial charge on any atom is -0.280 e. The van der Waals surface area contributed by atoms with Crippen LogP contribution in [0.4, 0.5) is 23.2 Å². The second-order valence-corrected chi connectivity index (χ2v) is 6.21. The average Bonchev–Trinajstić information content (AvgIpc) is 2.42. The van der Waals surface area contributed by atoms with Gasteiger partial charge in [-0.25, -0.2) is 12.8 Å². The molecule has 2 aromatic carbocycles. The Bertz CT molecular complexity index is 801. The number of nitrogens with one attached hydrogen (secondary N) is 1. The van der Waals surface area contributed by atoms with Gasteiger partial charge in [0, 0.05) is 0 Å². The van der Waals surface area contributed by atoms with Crippen molar-refractivity contribution in [2.24, 2.45) is 0 Å². The number of benzene rings is 2. The summed E-state index contributed by atoms with van der Waals surface area (Å²) in [5.41, 5.74) is -1.14. The molecule has 0 aromatic heterocycles. The SMILES string of the molecule is Cc1ccc(NS(=O)(=O)c2ccccc2C(F)(F)F)cc1F. The summed E-state index contributed by atoms with van der Waals surface area (Å²) in [5, 5.41) is 0. The van der Waals surface area contributed by atoms with Crippen molar-refractivity contribution in [1.29, 1.82) is 0 Å². The van der Waals surface area contributed by atoms with Gasteiger partial charge in [-0.15, -0.1) is 0 Å². The van der Waals surface area contributed by atoms with E-state index in [2.05, 4.69) is 0 Å². The molecule has 2 rings (SSSR count). The summed E-state index contributed by atoms with van der Waals surface area (Å²) in [5.74, 6) is -0.663. The van der Waals surface area contributed by atoms with E-state index < -0.39 is 32.5 Å². The predicted molar refractivity (Wildman–Crippen MR) is 73.4 cm³/mol. The van der Waals surface area contributed by atoms with Crippen LogP contribution in [0.1, 0.15) is 11.1 Å². The van der Waals surface area contributed by atoms with E-state index in [0.717, 1.165) is 18.2 Å². The van der Waals surface area contributed by atoms with Crippen LogP contribution in [-0.2, 0) is 16.2 Å². The van der Waals surface area contributed by atoms with Crippen LogP contribution < -0.4 is 4.72 Å². The van der Waals surface area contributed by atoms with Crippen molar-refractivity contribution < 1.29 is 26.0 Å². The monoisotopic (exact) mass is 333 g/mol. The summed E-state index contributed by atoms with van der Waals surface area (Å²) >= 11 is 0. The topological polar surface area (TPSA) is 46.2 Å². The van der Waals surface area contributed by atoms with Gasteiger partial charge in [-0.3, -0.25) is 4.72 Å². The lowest BCUT2D eigenvalue weighted by molar-refractivity contribution is -0.139. The predicted octanol–water partition coefficient (Wildman–Crippen LogP) is 3.95. The van der Waals surface area contributed by atoms with E-state index >= 15 is 0 Å². The van der Waals surface area contributed by atoms with Crippen molar-refractivity contribution in [2.45, 2.75) is 18.0 Å². The third-order valence-corrected chi connectivity index (χ3v) is 4.35. The standard InChI is InChI=1S/C14H11F4NO2S/c1-9-6-7-10(8-12(9)15)19-22(20,21)13-5-3-2-4-11(13)14(16,17)18/h2-8,19H,1H3. The Kier molecular flexibility index (Phi) is 4.15. The van der Waals surface area contributed by atoms with Gasteiger partial charge in [0.1, 0.15) is 5.82 Å². The first-order valence-electron chi connectivity index (χ1n) is 6.06. The lowest BCUT2D eigenvalue weighted by Gasteiger charge is -2.14. The fourth-order valence-corrected chi connectivity index (χ4v) is 3.08. The zero-order valence-electron chi connectivity index (χ0n) is 11.3. The molecule has 0 saturated heterocycles. The number of hydrogen-bond acceptors (Lipinski definition) is 2. The van der Waals surface area contributed by atoms with Gasteiger partial charge in [0.15, 0.2) is 0 Å². The highest BCUT2D eigenvalue weighted by Gasteiger charge is 2.36. The second-order valence-electron chi connectivity index (χ2n) is 4.56. The maximum Gasteiger partial charge on any atom is 0.417 e. The summed E-state index contributed by atoms with van der Waals surface area (Å²) in [6.45, 7) is 1.48. The van der Waals surface area contributed by atoms with Crippen LogP contribution in [0.15, 0.2) is 47.4 Å². The maximum atomic E-state index is 13.4. The summed E-state index contributed by atoms with van der Waals surface area (Å²) in [6, 6.07) is 7.28. The number of alkyl halides is 3. The van der Waals surface area contributed by atoms with Gasteiger partial charge in [-0.05, 0) is 36.8 Å². The van der Waals surface area contributed by atoms with Crippen molar-refractivity contribution >= 4 is 15.7 Å². The quantitative estimate of drug-likeness (QED) is 0.865. The molecule has 0 saturated carbocycles. The highest BCUT2D eigenvalue weighted by molar-refractivity contribution is 7.92. The largest absolute Gasteiger partial charge is 0.417 e. The Balaban J connectivity index is 2.45. The van der Waals surface area contributed by atoms with Gasteiger partial charge in [-0.2, -0.15) is 13.2 Å². The molecule has 0 amide bonds. The van der Waals surface area contributed by atoms with Crippen molar-refractivity contribution in [3.8, 4) is 0 Å². The van der Waals surface area contributed by atoms with E-state index in [-0.39, 0.29) is 5.69 Å². The van der Waals surface area contributed by atoms with E-state index in [0.29, 0.717) is 11.6 Å². The van der Waals surface area contributed by atoms with Crippen LogP contribution in [0.3, 0.4) is 0 Å². The first-order valence-corrected chi connectivity index (χ1v) is 7.55. The van der Waals surface area contributed by atoms with Crippen LogP contribution in [0, 0.1) is 12.7 Å². The number of halogens is 4. The zero-order chi connectivity index (χ0) is 16.5. The molecule has 3 nitrogen and oxygen atoms in total. The molecule has 1 N–H and O–H groups in total. The Hall–Kier alpha value is -2.09. The highest BCUT2D eigenvalue weighted by atomic mass is 32.2. The van der Waals surface area contributed by atoms with E-state index in [4.69, 9.17) is 0 Å². The van der Waals surface area contributed by atoms with E-state index in [9.17, 15) is 26.0 Å². The molecule has 0 bridgehead atoms. The molecule has 22 heavy (non-hydrogen) atoms. The van der Waals surface area contributed by atoms with Crippen LogP contribution >= 0.6 is 0 Å².